The minimum absolute atomic E-state index is 0.00572. The fourth-order valence-electron chi connectivity index (χ4n) is 10.5. The van der Waals surface area contributed by atoms with E-state index in [1.165, 1.54) is 14.0 Å². The summed E-state index contributed by atoms with van der Waals surface area (Å²) in [6.07, 6.45) is -4.06. The van der Waals surface area contributed by atoms with Crippen LogP contribution in [-0.2, 0) is 62.1 Å². The molecule has 65 heavy (non-hydrogen) atoms. The van der Waals surface area contributed by atoms with Gasteiger partial charge in [0.1, 0.15) is 29.7 Å². The summed E-state index contributed by atoms with van der Waals surface area (Å²) in [4.78, 5) is 35.0. The Morgan fingerprint density at radius 2 is 1.69 bits per heavy atom. The number of hydrogen-bond donors (Lipinski definition) is 4. The van der Waals surface area contributed by atoms with Gasteiger partial charge in [0, 0.05) is 81.3 Å². The third kappa shape index (κ3) is 11.3. The summed E-state index contributed by atoms with van der Waals surface area (Å²) in [6, 6.07) is 5.44. The van der Waals surface area contributed by atoms with E-state index < -0.39 is 102 Å². The van der Waals surface area contributed by atoms with E-state index in [9.17, 15) is 30.0 Å². The number of pyridine rings is 1. The van der Waals surface area contributed by atoms with E-state index in [0.717, 1.165) is 17.8 Å². The molecule has 4 saturated heterocycles. The number of Topliss-reactive ketones (excluding diaryl/α,β-unsaturated/α-hetero) is 1. The van der Waals surface area contributed by atoms with Crippen LogP contribution in [0.1, 0.15) is 99.4 Å². The van der Waals surface area contributed by atoms with Gasteiger partial charge in [-0.05, 0) is 80.0 Å². The number of aliphatic hydroxyl groups is 4. The highest BCUT2D eigenvalue weighted by Gasteiger charge is 2.56. The van der Waals surface area contributed by atoms with Gasteiger partial charge in [0.15, 0.2) is 12.6 Å². The number of likely N-dealkylation sites (N-methyl/N-ethyl adjacent to an activating group) is 1. The summed E-state index contributed by atoms with van der Waals surface area (Å²) in [6.45, 7) is 16.6. The van der Waals surface area contributed by atoms with Gasteiger partial charge in [-0.15, -0.1) is 5.10 Å². The van der Waals surface area contributed by atoms with Crippen molar-refractivity contribution in [2.24, 2.45) is 23.7 Å². The summed E-state index contributed by atoms with van der Waals surface area (Å²) < 4.78 is 46.7. The molecule has 2 aromatic rings. The van der Waals surface area contributed by atoms with Gasteiger partial charge in [-0.3, -0.25) is 19.3 Å². The molecule has 0 amide bonds. The average Bonchev–Trinajstić information content (AvgIpc) is 3.93. The van der Waals surface area contributed by atoms with E-state index >= 15 is 0 Å². The Morgan fingerprint density at radius 1 is 0.954 bits per heavy atom. The van der Waals surface area contributed by atoms with Crippen LogP contribution in [0.25, 0.3) is 0 Å². The van der Waals surface area contributed by atoms with E-state index in [4.69, 9.17) is 33.2 Å². The number of ether oxygens (including phenoxy) is 7. The maximum absolute atomic E-state index is 14.4. The molecule has 0 spiro atoms. The minimum Gasteiger partial charge on any atom is -0.459 e. The molecular formula is C47H75N5O13. The second-order valence-corrected chi connectivity index (χ2v) is 19.8. The van der Waals surface area contributed by atoms with Gasteiger partial charge in [-0.25, -0.2) is 0 Å². The van der Waals surface area contributed by atoms with E-state index in [0.29, 0.717) is 25.9 Å². The van der Waals surface area contributed by atoms with Crippen molar-refractivity contribution in [3.63, 3.8) is 0 Å². The first-order chi connectivity index (χ1) is 30.6. The van der Waals surface area contributed by atoms with Crippen molar-refractivity contribution in [1.29, 1.82) is 0 Å². The van der Waals surface area contributed by atoms with Crippen molar-refractivity contribution in [3.05, 3.63) is 42.0 Å². The Hall–Kier alpha value is -3.01. The molecule has 0 saturated carbocycles. The number of cyclic esters (lactones) is 1. The lowest BCUT2D eigenvalue weighted by atomic mass is 9.75. The first kappa shape index (κ1) is 51.4. The largest absolute Gasteiger partial charge is 0.459 e. The lowest BCUT2D eigenvalue weighted by Gasteiger charge is -2.49. The van der Waals surface area contributed by atoms with Crippen LogP contribution in [0, 0.1) is 23.7 Å². The third-order valence-electron chi connectivity index (χ3n) is 14.8. The number of carbonyl (C=O) groups is 2. The van der Waals surface area contributed by atoms with Gasteiger partial charge in [0.05, 0.1) is 59.9 Å². The molecule has 4 aliphatic rings. The molecule has 18 nitrogen and oxygen atoms in total. The number of hydrogen-bond acceptors (Lipinski definition) is 17. The van der Waals surface area contributed by atoms with E-state index in [1.54, 1.807) is 40.8 Å². The molecule has 2 aromatic heterocycles. The Labute approximate surface area is 383 Å². The van der Waals surface area contributed by atoms with Crippen LogP contribution in [0.2, 0.25) is 0 Å². The fourth-order valence-corrected chi connectivity index (χ4v) is 10.5. The molecule has 0 aromatic carbocycles. The highest BCUT2D eigenvalue weighted by molar-refractivity contribution is 5.84. The van der Waals surface area contributed by atoms with Crippen molar-refractivity contribution < 1.29 is 63.2 Å². The molecule has 18 heteroatoms. The zero-order valence-electron chi connectivity index (χ0n) is 40.1. The molecule has 0 aliphatic carbocycles. The van der Waals surface area contributed by atoms with E-state index in [2.05, 4.69) is 20.2 Å². The highest BCUT2D eigenvalue weighted by Crippen LogP contribution is 2.44. The molecule has 6 heterocycles. The van der Waals surface area contributed by atoms with Crippen LogP contribution in [-0.4, -0.2) is 169 Å². The molecule has 0 unspecified atom stereocenters. The SMILES string of the molecule is CC[C@H]1OC(=O)[C@H](C)[C@@H](O[C@H]2C[C@@](C)(OC)[C@@H](O)[C@H](C)O2)[C@H](C)[C@@H](O[C@@H]2O[C@H](C)C[C@H](N(C)CCc3cn(CCc4ccccn4)nn3)[C@H]2O)[C@@]2(C)C[C@@H](CO2)C(=O)[C@H](C)[C@@H](O)[C@]1(C)O. The number of fused-ring (bicyclic) bond motifs is 2. The van der Waals surface area contributed by atoms with Crippen LogP contribution < -0.4 is 0 Å². The predicted octanol–water partition coefficient (Wildman–Crippen LogP) is 2.65. The average molecular weight is 918 g/mol. The fraction of sp³-hybridized carbons (Fsp3) is 0.809. The summed E-state index contributed by atoms with van der Waals surface area (Å²) >= 11 is 0. The Bertz CT molecular complexity index is 1870. The Kier molecular flexibility index (Phi) is 16.7. The van der Waals surface area contributed by atoms with Gasteiger partial charge in [-0.2, -0.15) is 0 Å². The van der Waals surface area contributed by atoms with Crippen LogP contribution in [0.3, 0.4) is 0 Å². The molecule has 2 bridgehead atoms. The molecule has 6 rings (SSSR count). The molecule has 4 fully saturated rings. The van der Waals surface area contributed by atoms with Crippen molar-refractivity contribution in [2.45, 2.75) is 192 Å². The van der Waals surface area contributed by atoms with Crippen LogP contribution in [0.5, 0.6) is 0 Å². The number of methoxy groups -OCH3 is 1. The number of aryl methyl sites for hydroxylation is 2. The van der Waals surface area contributed by atoms with Gasteiger partial charge < -0.3 is 58.5 Å². The Morgan fingerprint density at radius 3 is 2.37 bits per heavy atom. The standard InChI is InChI=1S/C47H75N5O13/c1-12-35-47(9,58)40(55)27(3)37(53)31-22-46(8,60-25-31)42(28(4)39(29(5)43(57)63-35)64-36-23-45(7,59-11)41(56)30(6)62-36)65-44-38(54)34(21-26(2)61-44)51(10)19-16-33-24-52(50-49-33)20-17-32-15-13-14-18-48-32/h13-15,18,24,26-31,34-36,38-42,44,54-56,58H,12,16-17,19-23,25H2,1-11H3/t26-,27+,28+,29-,30+,31+,34+,35-,36+,38-,39+,40-,41+,42-,44+,45-,46-,47-/m1/s1. The normalized spacial score (nSPS) is 42.2. The summed E-state index contributed by atoms with van der Waals surface area (Å²) in [5.74, 6) is -4.51. The quantitative estimate of drug-likeness (QED) is 0.212. The number of ketones is 1. The molecule has 366 valence electrons. The Balaban J connectivity index is 1.28. The first-order valence-electron chi connectivity index (χ1n) is 23.4. The van der Waals surface area contributed by atoms with Crippen molar-refractivity contribution in [3.8, 4) is 0 Å². The van der Waals surface area contributed by atoms with Gasteiger partial charge in [0.25, 0.3) is 0 Å². The zero-order valence-corrected chi connectivity index (χ0v) is 40.1. The monoisotopic (exact) mass is 918 g/mol. The summed E-state index contributed by atoms with van der Waals surface area (Å²) in [5.41, 5.74) is -2.45. The van der Waals surface area contributed by atoms with Crippen molar-refractivity contribution in [2.75, 3.05) is 27.3 Å². The number of rotatable bonds is 13. The van der Waals surface area contributed by atoms with Crippen molar-refractivity contribution in [1.82, 2.24) is 24.9 Å². The van der Waals surface area contributed by atoms with Gasteiger partial charge in [-0.1, -0.05) is 32.1 Å². The topological polar surface area (TPSA) is 227 Å². The number of esters is 1. The van der Waals surface area contributed by atoms with E-state index in [-0.39, 0.29) is 43.8 Å². The van der Waals surface area contributed by atoms with Crippen LogP contribution >= 0.6 is 0 Å². The first-order valence-corrected chi connectivity index (χ1v) is 23.4. The lowest BCUT2D eigenvalue weighted by Crippen LogP contribution is -2.61. The van der Waals surface area contributed by atoms with Gasteiger partial charge in [0.2, 0.25) is 0 Å². The smallest absolute Gasteiger partial charge is 0.311 e. The number of aliphatic hydroxyl groups excluding tert-OH is 3. The summed E-state index contributed by atoms with van der Waals surface area (Å²) in [5, 5.41) is 55.2. The second-order valence-electron chi connectivity index (χ2n) is 19.8. The number of aromatic nitrogens is 4. The summed E-state index contributed by atoms with van der Waals surface area (Å²) in [7, 11) is 3.45. The second kappa shape index (κ2) is 21.1. The molecule has 4 N–H and O–H groups in total. The molecule has 4 aliphatic heterocycles. The molecule has 18 atom stereocenters. The number of nitrogens with zero attached hydrogens (tertiary/aromatic N) is 5. The zero-order chi connectivity index (χ0) is 47.6. The maximum Gasteiger partial charge on any atom is 0.311 e. The maximum atomic E-state index is 14.4. The molecule has 0 radical (unpaired) electrons. The predicted molar refractivity (Wildman–Crippen MR) is 235 cm³/mol. The lowest BCUT2D eigenvalue weighted by molar-refractivity contribution is -0.317. The highest BCUT2D eigenvalue weighted by atomic mass is 16.7. The van der Waals surface area contributed by atoms with Crippen LogP contribution in [0.15, 0.2) is 30.6 Å². The van der Waals surface area contributed by atoms with Crippen LogP contribution in [0.4, 0.5) is 0 Å². The van der Waals surface area contributed by atoms with Crippen molar-refractivity contribution >= 4 is 11.8 Å². The molecular weight excluding hydrogens is 843 g/mol. The van der Waals surface area contributed by atoms with E-state index in [1.807, 2.05) is 56.9 Å². The van der Waals surface area contributed by atoms with Gasteiger partial charge >= 0.3 is 5.97 Å². The third-order valence-corrected chi connectivity index (χ3v) is 14.8. The number of carbonyl (C=O) groups excluding carboxylic acids is 2. The minimum atomic E-state index is -1.98.